The highest BCUT2D eigenvalue weighted by Gasteiger charge is 2.01. The second kappa shape index (κ2) is 6.53. The molecule has 0 fully saturated rings. The summed E-state index contributed by atoms with van der Waals surface area (Å²) in [6, 6.07) is 6.02. The Morgan fingerprint density at radius 1 is 1.50 bits per heavy atom. The van der Waals surface area contributed by atoms with Gasteiger partial charge in [0.15, 0.2) is 0 Å². The Morgan fingerprint density at radius 3 is 2.88 bits per heavy atom. The highest BCUT2D eigenvalue weighted by molar-refractivity contribution is 9.10. The zero-order valence-corrected chi connectivity index (χ0v) is 11.1. The fraction of sp³-hybridized carbons (Fsp3) is 0.417. The SMILES string of the molecule is CCOC(=O)CCNc1ccc(C)c(Br)c1. The van der Waals surface area contributed by atoms with Gasteiger partial charge in [-0.25, -0.2) is 0 Å². The normalized spacial score (nSPS) is 9.94. The molecule has 0 aliphatic heterocycles. The summed E-state index contributed by atoms with van der Waals surface area (Å²) >= 11 is 3.46. The van der Waals surface area contributed by atoms with Crippen LogP contribution in [0.3, 0.4) is 0 Å². The number of esters is 1. The van der Waals surface area contributed by atoms with E-state index in [0.29, 0.717) is 19.6 Å². The van der Waals surface area contributed by atoms with E-state index in [0.717, 1.165) is 10.2 Å². The molecule has 1 aromatic carbocycles. The maximum atomic E-state index is 11.1. The van der Waals surface area contributed by atoms with E-state index < -0.39 is 0 Å². The number of hydrogen-bond donors (Lipinski definition) is 1. The van der Waals surface area contributed by atoms with E-state index in [-0.39, 0.29) is 5.97 Å². The Kier molecular flexibility index (Phi) is 5.32. The molecule has 0 heterocycles. The van der Waals surface area contributed by atoms with Crippen LogP contribution in [-0.4, -0.2) is 19.1 Å². The monoisotopic (exact) mass is 285 g/mol. The van der Waals surface area contributed by atoms with Crippen LogP contribution in [0.25, 0.3) is 0 Å². The maximum Gasteiger partial charge on any atom is 0.307 e. The molecule has 88 valence electrons. The maximum absolute atomic E-state index is 11.1. The smallest absolute Gasteiger partial charge is 0.307 e. The van der Waals surface area contributed by atoms with Crippen molar-refractivity contribution < 1.29 is 9.53 Å². The lowest BCUT2D eigenvalue weighted by atomic mass is 10.2. The van der Waals surface area contributed by atoms with Crippen molar-refractivity contribution in [1.29, 1.82) is 0 Å². The molecular formula is C12H16BrNO2. The molecule has 3 nitrogen and oxygen atoms in total. The summed E-state index contributed by atoms with van der Waals surface area (Å²) in [6.07, 6.45) is 0.388. The first-order valence-electron chi connectivity index (χ1n) is 5.29. The van der Waals surface area contributed by atoms with E-state index in [2.05, 4.69) is 21.2 Å². The summed E-state index contributed by atoms with van der Waals surface area (Å²) in [6.45, 7) is 4.87. The third kappa shape index (κ3) is 4.23. The van der Waals surface area contributed by atoms with Gasteiger partial charge in [0.2, 0.25) is 0 Å². The van der Waals surface area contributed by atoms with Crippen molar-refractivity contribution in [3.8, 4) is 0 Å². The molecule has 0 bridgehead atoms. The van der Waals surface area contributed by atoms with Crippen LogP contribution < -0.4 is 5.32 Å². The van der Waals surface area contributed by atoms with Gasteiger partial charge in [-0.2, -0.15) is 0 Å². The Labute approximate surface area is 104 Å². The van der Waals surface area contributed by atoms with Crippen LogP contribution in [0.5, 0.6) is 0 Å². The second-order valence-corrected chi connectivity index (χ2v) is 4.30. The third-order valence-electron chi connectivity index (χ3n) is 2.14. The van der Waals surface area contributed by atoms with Crippen molar-refractivity contribution in [3.63, 3.8) is 0 Å². The summed E-state index contributed by atoms with van der Waals surface area (Å²) < 4.78 is 5.90. The molecule has 4 heteroatoms. The van der Waals surface area contributed by atoms with Crippen LogP contribution in [0.1, 0.15) is 18.9 Å². The van der Waals surface area contributed by atoms with Crippen molar-refractivity contribution in [2.24, 2.45) is 0 Å². The molecule has 0 amide bonds. The standard InChI is InChI=1S/C12H16BrNO2/c1-3-16-12(15)6-7-14-10-5-4-9(2)11(13)8-10/h4-5,8,14H,3,6-7H2,1-2H3. The minimum absolute atomic E-state index is 0.166. The summed E-state index contributed by atoms with van der Waals surface area (Å²) in [4.78, 5) is 11.1. The van der Waals surface area contributed by atoms with E-state index in [1.807, 2.05) is 32.0 Å². The van der Waals surface area contributed by atoms with Crippen LogP contribution in [0.15, 0.2) is 22.7 Å². The van der Waals surface area contributed by atoms with E-state index >= 15 is 0 Å². The molecule has 0 aromatic heterocycles. The summed E-state index contributed by atoms with van der Waals surface area (Å²) in [7, 11) is 0. The second-order valence-electron chi connectivity index (χ2n) is 3.45. The number of carbonyl (C=O) groups is 1. The topological polar surface area (TPSA) is 38.3 Å². The van der Waals surface area contributed by atoms with Crippen molar-refractivity contribution in [2.75, 3.05) is 18.5 Å². The van der Waals surface area contributed by atoms with Crippen molar-refractivity contribution in [1.82, 2.24) is 0 Å². The minimum Gasteiger partial charge on any atom is -0.466 e. The molecule has 0 saturated carbocycles. The quantitative estimate of drug-likeness (QED) is 0.845. The van der Waals surface area contributed by atoms with Gasteiger partial charge in [-0.05, 0) is 31.5 Å². The number of ether oxygens (including phenoxy) is 1. The number of benzene rings is 1. The molecule has 0 unspecified atom stereocenters. The predicted octanol–water partition coefficient (Wildman–Crippen LogP) is 3.12. The van der Waals surface area contributed by atoms with Gasteiger partial charge in [0, 0.05) is 16.7 Å². The number of rotatable bonds is 5. The number of aryl methyl sites for hydroxylation is 1. The van der Waals surface area contributed by atoms with Gasteiger partial charge in [0.05, 0.1) is 13.0 Å². The van der Waals surface area contributed by atoms with Crippen molar-refractivity contribution in [2.45, 2.75) is 20.3 Å². The van der Waals surface area contributed by atoms with Gasteiger partial charge in [0.25, 0.3) is 0 Å². The Bertz CT molecular complexity index is 366. The largest absolute Gasteiger partial charge is 0.466 e. The van der Waals surface area contributed by atoms with Crippen LogP contribution in [0, 0.1) is 6.92 Å². The first kappa shape index (κ1) is 13.0. The average Bonchev–Trinajstić information content (AvgIpc) is 2.24. The van der Waals surface area contributed by atoms with Gasteiger partial charge in [0.1, 0.15) is 0 Å². The molecule has 0 atom stereocenters. The zero-order chi connectivity index (χ0) is 12.0. The van der Waals surface area contributed by atoms with Crippen LogP contribution >= 0.6 is 15.9 Å². The lowest BCUT2D eigenvalue weighted by Crippen LogP contribution is -2.11. The average molecular weight is 286 g/mol. The van der Waals surface area contributed by atoms with E-state index in [9.17, 15) is 4.79 Å². The van der Waals surface area contributed by atoms with Crippen molar-refractivity contribution in [3.05, 3.63) is 28.2 Å². The molecule has 0 radical (unpaired) electrons. The van der Waals surface area contributed by atoms with Crippen LogP contribution in [0.2, 0.25) is 0 Å². The molecule has 0 aliphatic rings. The fourth-order valence-electron chi connectivity index (χ4n) is 1.24. The predicted molar refractivity (Wildman–Crippen MR) is 68.6 cm³/mol. The lowest BCUT2D eigenvalue weighted by Gasteiger charge is -2.07. The first-order valence-corrected chi connectivity index (χ1v) is 6.08. The van der Waals surface area contributed by atoms with E-state index in [4.69, 9.17) is 4.74 Å². The highest BCUT2D eigenvalue weighted by Crippen LogP contribution is 2.20. The van der Waals surface area contributed by atoms with Crippen molar-refractivity contribution >= 4 is 27.6 Å². The lowest BCUT2D eigenvalue weighted by molar-refractivity contribution is -0.142. The minimum atomic E-state index is -0.166. The molecule has 1 N–H and O–H groups in total. The van der Waals surface area contributed by atoms with Gasteiger partial charge in [-0.15, -0.1) is 0 Å². The van der Waals surface area contributed by atoms with Gasteiger partial charge in [-0.3, -0.25) is 4.79 Å². The summed E-state index contributed by atoms with van der Waals surface area (Å²) in [5.74, 6) is -0.166. The van der Waals surface area contributed by atoms with Gasteiger partial charge >= 0.3 is 5.97 Å². The van der Waals surface area contributed by atoms with Gasteiger partial charge in [-0.1, -0.05) is 22.0 Å². The molecule has 0 saturated heterocycles. The van der Waals surface area contributed by atoms with Crippen LogP contribution in [0.4, 0.5) is 5.69 Å². The van der Waals surface area contributed by atoms with Crippen LogP contribution in [-0.2, 0) is 9.53 Å². The number of carbonyl (C=O) groups excluding carboxylic acids is 1. The molecule has 1 rings (SSSR count). The molecule has 1 aromatic rings. The molecule has 16 heavy (non-hydrogen) atoms. The number of halogens is 1. The van der Waals surface area contributed by atoms with Gasteiger partial charge < -0.3 is 10.1 Å². The molecule has 0 aliphatic carbocycles. The first-order chi connectivity index (χ1) is 7.63. The summed E-state index contributed by atoms with van der Waals surface area (Å²) in [5, 5.41) is 3.17. The molecule has 0 spiro atoms. The Hall–Kier alpha value is -1.03. The number of nitrogens with one attached hydrogen (secondary N) is 1. The highest BCUT2D eigenvalue weighted by atomic mass is 79.9. The third-order valence-corrected chi connectivity index (χ3v) is 2.99. The molecular weight excluding hydrogens is 270 g/mol. The van der Waals surface area contributed by atoms with E-state index in [1.54, 1.807) is 0 Å². The van der Waals surface area contributed by atoms with E-state index in [1.165, 1.54) is 5.56 Å². The Morgan fingerprint density at radius 2 is 2.25 bits per heavy atom. The summed E-state index contributed by atoms with van der Waals surface area (Å²) in [5.41, 5.74) is 2.19. The fourth-order valence-corrected chi connectivity index (χ4v) is 1.62. The number of anilines is 1. The Balaban J connectivity index is 2.37. The zero-order valence-electron chi connectivity index (χ0n) is 9.55. The number of hydrogen-bond acceptors (Lipinski definition) is 3.